The molecule has 1 saturated carbocycles. The molecule has 1 heteroatoms. The second-order valence-electron chi connectivity index (χ2n) is 5.22. The third-order valence-corrected chi connectivity index (χ3v) is 5.53. The maximum Gasteiger partial charge on any atom is 0.0197 e. The van der Waals surface area contributed by atoms with E-state index in [1.807, 2.05) is 0 Å². The lowest BCUT2D eigenvalue weighted by molar-refractivity contribution is 0.195. The minimum absolute atomic E-state index is 0.738. The molecule has 0 bridgehead atoms. The molecule has 13 heavy (non-hydrogen) atoms. The molecule has 4 atom stereocenters. The zero-order chi connectivity index (χ0) is 10.0. The Labute approximate surface area is 91.6 Å². The van der Waals surface area contributed by atoms with E-state index in [0.717, 1.165) is 28.5 Å². The van der Waals surface area contributed by atoms with Gasteiger partial charge in [-0.25, -0.2) is 0 Å². The quantitative estimate of drug-likeness (QED) is 0.631. The third-order valence-electron chi connectivity index (χ3n) is 3.73. The zero-order valence-electron chi connectivity index (χ0n) is 9.39. The van der Waals surface area contributed by atoms with Gasteiger partial charge in [0.2, 0.25) is 0 Å². The molecule has 1 aliphatic carbocycles. The van der Waals surface area contributed by atoms with E-state index >= 15 is 0 Å². The van der Waals surface area contributed by atoms with E-state index in [0.29, 0.717) is 0 Å². The monoisotopic (exact) mass is 246 g/mol. The van der Waals surface area contributed by atoms with Gasteiger partial charge in [-0.05, 0) is 36.5 Å². The lowest BCUT2D eigenvalue weighted by Gasteiger charge is -2.36. The van der Waals surface area contributed by atoms with Gasteiger partial charge in [-0.1, -0.05) is 50.0 Å². The minimum atomic E-state index is 0.738. The van der Waals surface area contributed by atoms with Crippen LogP contribution in [-0.4, -0.2) is 4.83 Å². The van der Waals surface area contributed by atoms with Crippen molar-refractivity contribution in [1.29, 1.82) is 0 Å². The van der Waals surface area contributed by atoms with Crippen molar-refractivity contribution in [3.05, 3.63) is 0 Å². The van der Waals surface area contributed by atoms with Crippen LogP contribution >= 0.6 is 15.9 Å². The van der Waals surface area contributed by atoms with E-state index in [1.54, 1.807) is 0 Å². The molecule has 0 aromatic carbocycles. The molecule has 0 spiro atoms. The van der Waals surface area contributed by atoms with Gasteiger partial charge in [0.1, 0.15) is 0 Å². The molecule has 0 N–H and O–H groups in total. The summed E-state index contributed by atoms with van der Waals surface area (Å²) in [5.74, 6) is 3.58. The van der Waals surface area contributed by atoms with Crippen molar-refractivity contribution in [2.75, 3.05) is 0 Å². The Hall–Kier alpha value is 0.480. The van der Waals surface area contributed by atoms with Crippen LogP contribution in [0.1, 0.15) is 47.0 Å². The van der Waals surface area contributed by atoms with Crippen LogP contribution in [0.3, 0.4) is 0 Å². The molecule has 1 fully saturated rings. The maximum absolute atomic E-state index is 3.85. The summed E-state index contributed by atoms with van der Waals surface area (Å²) in [4.78, 5) is 0.738. The number of alkyl halides is 1. The molecular weight excluding hydrogens is 224 g/mol. The van der Waals surface area contributed by atoms with E-state index in [9.17, 15) is 0 Å². The third kappa shape index (κ3) is 2.97. The van der Waals surface area contributed by atoms with Crippen molar-refractivity contribution in [3.63, 3.8) is 0 Å². The molecule has 0 heterocycles. The molecule has 0 nitrogen and oxygen atoms in total. The lowest BCUT2D eigenvalue weighted by Crippen LogP contribution is -2.29. The summed E-state index contributed by atoms with van der Waals surface area (Å²) in [6, 6.07) is 0. The lowest BCUT2D eigenvalue weighted by atomic mass is 9.73. The summed E-state index contributed by atoms with van der Waals surface area (Å²) in [7, 11) is 0. The molecule has 0 aromatic heterocycles. The maximum atomic E-state index is 3.85. The Balaban J connectivity index is 2.45. The van der Waals surface area contributed by atoms with Gasteiger partial charge in [-0.2, -0.15) is 0 Å². The van der Waals surface area contributed by atoms with E-state index in [2.05, 4.69) is 43.6 Å². The molecule has 0 radical (unpaired) electrons. The number of hydrogen-bond acceptors (Lipinski definition) is 0. The highest BCUT2D eigenvalue weighted by atomic mass is 79.9. The van der Waals surface area contributed by atoms with Crippen LogP contribution in [-0.2, 0) is 0 Å². The fourth-order valence-corrected chi connectivity index (χ4v) is 2.90. The van der Waals surface area contributed by atoms with Crippen LogP contribution in [0.5, 0.6) is 0 Å². The summed E-state index contributed by atoms with van der Waals surface area (Å²) in [6.45, 7) is 9.46. The highest BCUT2D eigenvalue weighted by Gasteiger charge is 2.29. The highest BCUT2D eigenvalue weighted by molar-refractivity contribution is 9.09. The van der Waals surface area contributed by atoms with Crippen LogP contribution in [0.4, 0.5) is 0 Å². The Kier molecular flexibility index (Phi) is 4.28. The molecule has 0 saturated heterocycles. The molecule has 0 amide bonds. The Bertz CT molecular complexity index is 153. The number of rotatable bonds is 2. The first kappa shape index (κ1) is 11.6. The summed E-state index contributed by atoms with van der Waals surface area (Å²) in [5, 5.41) is 0. The molecule has 1 aliphatic rings. The van der Waals surface area contributed by atoms with E-state index in [-0.39, 0.29) is 0 Å². The Morgan fingerprint density at radius 3 is 2.15 bits per heavy atom. The average Bonchev–Trinajstić information content (AvgIpc) is 2.08. The van der Waals surface area contributed by atoms with Crippen LogP contribution < -0.4 is 0 Å². The van der Waals surface area contributed by atoms with Crippen molar-refractivity contribution in [2.45, 2.75) is 51.8 Å². The molecule has 1 rings (SSSR count). The Morgan fingerprint density at radius 1 is 1.08 bits per heavy atom. The van der Waals surface area contributed by atoms with Crippen LogP contribution in [0.2, 0.25) is 0 Å². The number of halogens is 1. The molecule has 4 unspecified atom stereocenters. The average molecular weight is 247 g/mol. The second kappa shape index (κ2) is 4.82. The van der Waals surface area contributed by atoms with Crippen molar-refractivity contribution >= 4 is 15.9 Å². The molecule has 0 aromatic rings. The predicted octanol–water partition coefficient (Wildman–Crippen LogP) is 4.48. The van der Waals surface area contributed by atoms with Gasteiger partial charge in [0.25, 0.3) is 0 Å². The van der Waals surface area contributed by atoms with Crippen LogP contribution in [0.15, 0.2) is 0 Å². The number of hydrogen-bond donors (Lipinski definition) is 0. The molecule has 78 valence electrons. The van der Waals surface area contributed by atoms with Gasteiger partial charge >= 0.3 is 0 Å². The summed E-state index contributed by atoms with van der Waals surface area (Å²) >= 11 is 3.85. The highest BCUT2D eigenvalue weighted by Crippen LogP contribution is 2.39. The Morgan fingerprint density at radius 2 is 1.69 bits per heavy atom. The molecular formula is C12H23Br. The van der Waals surface area contributed by atoms with Crippen LogP contribution in [0.25, 0.3) is 0 Å². The van der Waals surface area contributed by atoms with E-state index in [1.165, 1.54) is 19.3 Å². The van der Waals surface area contributed by atoms with Crippen molar-refractivity contribution < 1.29 is 0 Å². The second-order valence-corrected chi connectivity index (χ2v) is 6.27. The topological polar surface area (TPSA) is 0 Å². The van der Waals surface area contributed by atoms with Crippen molar-refractivity contribution in [3.8, 4) is 0 Å². The van der Waals surface area contributed by atoms with Crippen molar-refractivity contribution in [1.82, 2.24) is 0 Å². The standard InChI is InChI=1S/C12H23Br/c1-8(2)12(13)11-6-5-9(3)10(4)7-11/h8-12H,5-7H2,1-4H3. The van der Waals surface area contributed by atoms with Gasteiger partial charge in [-0.15, -0.1) is 0 Å². The van der Waals surface area contributed by atoms with Gasteiger partial charge < -0.3 is 0 Å². The predicted molar refractivity (Wildman–Crippen MR) is 63.2 cm³/mol. The summed E-state index contributed by atoms with van der Waals surface area (Å²) in [5.41, 5.74) is 0. The largest absolute Gasteiger partial charge is 0.0885 e. The van der Waals surface area contributed by atoms with Gasteiger partial charge in [0, 0.05) is 4.83 Å². The van der Waals surface area contributed by atoms with Gasteiger partial charge in [-0.3, -0.25) is 0 Å². The molecule has 0 aliphatic heterocycles. The summed E-state index contributed by atoms with van der Waals surface area (Å²) < 4.78 is 0. The fourth-order valence-electron chi connectivity index (χ4n) is 2.42. The normalized spacial score (nSPS) is 37.8. The fraction of sp³-hybridized carbons (Fsp3) is 1.00. The minimum Gasteiger partial charge on any atom is -0.0885 e. The van der Waals surface area contributed by atoms with Gasteiger partial charge in [0.15, 0.2) is 0 Å². The van der Waals surface area contributed by atoms with E-state index in [4.69, 9.17) is 0 Å². The first-order valence-electron chi connectivity index (χ1n) is 5.66. The van der Waals surface area contributed by atoms with Gasteiger partial charge in [0.05, 0.1) is 0 Å². The SMILES string of the molecule is CC(C)C(Br)C1CCC(C)C(C)C1. The van der Waals surface area contributed by atoms with Crippen molar-refractivity contribution in [2.24, 2.45) is 23.7 Å². The zero-order valence-corrected chi connectivity index (χ0v) is 11.0. The van der Waals surface area contributed by atoms with E-state index < -0.39 is 0 Å². The first-order chi connectivity index (χ1) is 6.02. The van der Waals surface area contributed by atoms with Crippen LogP contribution in [0, 0.1) is 23.7 Å². The summed E-state index contributed by atoms with van der Waals surface area (Å²) in [6.07, 6.45) is 4.29. The first-order valence-corrected chi connectivity index (χ1v) is 6.58. The smallest absolute Gasteiger partial charge is 0.0197 e.